The number of nitrogens with zero attached hydrogens (tertiary/aromatic N) is 2. The van der Waals surface area contributed by atoms with Crippen molar-refractivity contribution in [1.29, 1.82) is 0 Å². The van der Waals surface area contributed by atoms with Gasteiger partial charge in [0.05, 0.1) is 11.8 Å². The summed E-state index contributed by atoms with van der Waals surface area (Å²) in [6.07, 6.45) is 5.84. The van der Waals surface area contributed by atoms with Crippen molar-refractivity contribution in [3.63, 3.8) is 0 Å². The molecule has 2 unspecified atom stereocenters. The summed E-state index contributed by atoms with van der Waals surface area (Å²) in [6, 6.07) is 9.38. The summed E-state index contributed by atoms with van der Waals surface area (Å²) in [5, 5.41) is 0.701. The van der Waals surface area contributed by atoms with E-state index in [-0.39, 0.29) is 24.2 Å². The highest BCUT2D eigenvalue weighted by atomic mass is 32.1. The van der Waals surface area contributed by atoms with Gasteiger partial charge in [-0.2, -0.15) is 0 Å². The maximum Gasteiger partial charge on any atom is 0.307 e. The smallest absolute Gasteiger partial charge is 0.307 e. The number of fused-ring (bicyclic) bond motifs is 3. The fraction of sp³-hybridized carbons (Fsp3) is 0.308. The molecule has 0 bridgehead atoms. The molecule has 1 N–H and O–H groups in total. The Labute approximate surface area is 199 Å². The van der Waals surface area contributed by atoms with Crippen LogP contribution in [0.25, 0.3) is 10.2 Å². The number of aromatic amines is 1. The van der Waals surface area contributed by atoms with Crippen molar-refractivity contribution in [3.05, 3.63) is 92.4 Å². The van der Waals surface area contributed by atoms with Crippen LogP contribution in [0.4, 0.5) is 4.39 Å². The Morgan fingerprint density at radius 2 is 1.94 bits per heavy atom. The highest BCUT2D eigenvalue weighted by Crippen LogP contribution is 2.35. The molecule has 0 fully saturated rings. The standard InChI is InChI=1S/C26H24FN3O3S/c1-15-2-7-19-20(14-15)34-26-23(19)25(32)29-21(30-26)8-9-22(31)33-24(17-10-12-28-13-11-17)16-3-5-18(27)6-4-16/h3-6,10-13,15,24H,2,7-9,14H2,1H3,(H,29,30,32). The van der Waals surface area contributed by atoms with E-state index in [2.05, 4.69) is 21.9 Å². The third-order valence-electron chi connectivity index (χ3n) is 6.21. The van der Waals surface area contributed by atoms with E-state index in [0.29, 0.717) is 22.7 Å². The van der Waals surface area contributed by atoms with Crippen molar-refractivity contribution in [2.75, 3.05) is 0 Å². The average molecular weight is 478 g/mol. The van der Waals surface area contributed by atoms with Crippen LogP contribution >= 0.6 is 11.3 Å². The van der Waals surface area contributed by atoms with E-state index >= 15 is 0 Å². The Bertz CT molecular complexity index is 1380. The van der Waals surface area contributed by atoms with Crippen molar-refractivity contribution >= 4 is 27.5 Å². The maximum absolute atomic E-state index is 13.4. The van der Waals surface area contributed by atoms with Crippen LogP contribution in [0.15, 0.2) is 53.6 Å². The molecular formula is C26H24FN3O3S. The average Bonchev–Trinajstić information content (AvgIpc) is 3.20. The maximum atomic E-state index is 13.4. The lowest BCUT2D eigenvalue weighted by molar-refractivity contribution is -0.147. The molecule has 0 spiro atoms. The van der Waals surface area contributed by atoms with E-state index in [1.165, 1.54) is 17.0 Å². The van der Waals surface area contributed by atoms with E-state index < -0.39 is 12.1 Å². The van der Waals surface area contributed by atoms with Gasteiger partial charge in [-0.05, 0) is 60.6 Å². The van der Waals surface area contributed by atoms with Crippen LogP contribution in [-0.2, 0) is 28.8 Å². The number of aromatic nitrogens is 3. The largest absolute Gasteiger partial charge is 0.453 e. The molecular weight excluding hydrogens is 453 g/mol. The Kier molecular flexibility index (Phi) is 6.24. The molecule has 0 radical (unpaired) electrons. The number of hydrogen-bond donors (Lipinski definition) is 1. The zero-order valence-electron chi connectivity index (χ0n) is 18.7. The van der Waals surface area contributed by atoms with E-state index in [0.717, 1.165) is 35.2 Å². The van der Waals surface area contributed by atoms with Gasteiger partial charge in [0.15, 0.2) is 6.10 Å². The molecule has 3 heterocycles. The van der Waals surface area contributed by atoms with Crippen LogP contribution in [-0.4, -0.2) is 20.9 Å². The SMILES string of the molecule is CC1CCc2c(sc3nc(CCC(=O)OC(c4ccncc4)c4ccc(F)cc4)[nH]c(=O)c23)C1. The van der Waals surface area contributed by atoms with E-state index in [1.54, 1.807) is 48.0 Å². The van der Waals surface area contributed by atoms with Crippen LogP contribution in [0.2, 0.25) is 0 Å². The Morgan fingerprint density at radius 1 is 1.21 bits per heavy atom. The van der Waals surface area contributed by atoms with Crippen LogP contribution in [0.1, 0.15) is 53.3 Å². The first-order valence-electron chi connectivity index (χ1n) is 11.4. The van der Waals surface area contributed by atoms with Gasteiger partial charge in [-0.25, -0.2) is 9.37 Å². The molecule has 2 atom stereocenters. The van der Waals surface area contributed by atoms with Gasteiger partial charge >= 0.3 is 5.97 Å². The molecule has 4 aromatic rings. The zero-order chi connectivity index (χ0) is 23.7. The highest BCUT2D eigenvalue weighted by Gasteiger charge is 2.24. The molecule has 6 nitrogen and oxygen atoms in total. The van der Waals surface area contributed by atoms with Crippen molar-refractivity contribution < 1.29 is 13.9 Å². The number of pyridine rings is 1. The lowest BCUT2D eigenvalue weighted by Crippen LogP contribution is -2.17. The van der Waals surface area contributed by atoms with Crippen molar-refractivity contribution in [2.24, 2.45) is 5.92 Å². The summed E-state index contributed by atoms with van der Waals surface area (Å²) in [5.41, 5.74) is 2.40. The van der Waals surface area contributed by atoms with Gasteiger partial charge in [-0.1, -0.05) is 19.1 Å². The number of esters is 1. The lowest BCUT2D eigenvalue weighted by Gasteiger charge is -2.19. The normalized spacial score (nSPS) is 16.2. The van der Waals surface area contributed by atoms with Crippen LogP contribution in [0.3, 0.4) is 0 Å². The topological polar surface area (TPSA) is 84.9 Å². The van der Waals surface area contributed by atoms with E-state index in [4.69, 9.17) is 4.74 Å². The fourth-order valence-corrected chi connectivity index (χ4v) is 5.83. The quantitative estimate of drug-likeness (QED) is 0.399. The van der Waals surface area contributed by atoms with E-state index in [1.807, 2.05) is 0 Å². The number of aryl methyl sites for hydroxylation is 2. The zero-order valence-corrected chi connectivity index (χ0v) is 19.5. The third kappa shape index (κ3) is 4.63. The summed E-state index contributed by atoms with van der Waals surface area (Å²) in [5.74, 6) is 0.290. The summed E-state index contributed by atoms with van der Waals surface area (Å²) in [4.78, 5) is 39.1. The monoisotopic (exact) mass is 477 g/mol. The van der Waals surface area contributed by atoms with Crippen molar-refractivity contribution in [1.82, 2.24) is 15.0 Å². The van der Waals surface area contributed by atoms with Gasteiger partial charge in [-0.15, -0.1) is 11.3 Å². The molecule has 0 amide bonds. The molecule has 34 heavy (non-hydrogen) atoms. The number of carbonyl (C=O) groups is 1. The summed E-state index contributed by atoms with van der Waals surface area (Å²) in [6.45, 7) is 2.23. The number of carbonyl (C=O) groups excluding carboxylic acids is 1. The first-order chi connectivity index (χ1) is 16.5. The third-order valence-corrected chi connectivity index (χ3v) is 7.36. The van der Waals surface area contributed by atoms with Gasteiger partial charge in [0.1, 0.15) is 16.5 Å². The van der Waals surface area contributed by atoms with Crippen LogP contribution < -0.4 is 5.56 Å². The molecule has 1 aromatic carbocycles. The number of benzene rings is 1. The second-order valence-corrected chi connectivity index (χ2v) is 9.83. The van der Waals surface area contributed by atoms with Crippen molar-refractivity contribution in [2.45, 2.75) is 45.1 Å². The molecule has 5 rings (SSSR count). The number of H-pyrrole nitrogens is 1. The van der Waals surface area contributed by atoms with Gasteiger partial charge in [0.2, 0.25) is 0 Å². The molecule has 1 aliphatic carbocycles. The minimum atomic E-state index is -0.684. The first-order valence-corrected chi connectivity index (χ1v) is 12.2. The predicted molar refractivity (Wildman–Crippen MR) is 128 cm³/mol. The Hall–Kier alpha value is -3.39. The summed E-state index contributed by atoms with van der Waals surface area (Å²) < 4.78 is 19.2. The predicted octanol–water partition coefficient (Wildman–Crippen LogP) is 4.91. The van der Waals surface area contributed by atoms with Crippen molar-refractivity contribution in [3.8, 4) is 0 Å². The second kappa shape index (κ2) is 9.46. The Balaban J connectivity index is 1.33. The lowest BCUT2D eigenvalue weighted by atomic mass is 9.89. The molecule has 0 aliphatic heterocycles. The molecule has 0 saturated heterocycles. The molecule has 3 aromatic heterocycles. The minimum Gasteiger partial charge on any atom is -0.453 e. The molecule has 1 aliphatic rings. The van der Waals surface area contributed by atoms with Gasteiger partial charge in [-0.3, -0.25) is 14.6 Å². The molecule has 8 heteroatoms. The number of thiophene rings is 1. The second-order valence-electron chi connectivity index (χ2n) is 8.75. The number of hydrogen-bond acceptors (Lipinski definition) is 6. The fourth-order valence-electron chi connectivity index (χ4n) is 4.43. The Morgan fingerprint density at radius 3 is 2.71 bits per heavy atom. The summed E-state index contributed by atoms with van der Waals surface area (Å²) in [7, 11) is 0. The van der Waals surface area contributed by atoms with Crippen LogP contribution in [0, 0.1) is 11.7 Å². The molecule has 174 valence electrons. The highest BCUT2D eigenvalue weighted by molar-refractivity contribution is 7.18. The number of ether oxygens (including phenoxy) is 1. The van der Waals surface area contributed by atoms with Gasteiger partial charge in [0, 0.05) is 29.3 Å². The minimum absolute atomic E-state index is 0.0549. The number of nitrogens with one attached hydrogen (secondary N) is 1. The summed E-state index contributed by atoms with van der Waals surface area (Å²) >= 11 is 1.59. The van der Waals surface area contributed by atoms with E-state index in [9.17, 15) is 14.0 Å². The van der Waals surface area contributed by atoms with Crippen LogP contribution in [0.5, 0.6) is 0 Å². The van der Waals surface area contributed by atoms with Gasteiger partial charge < -0.3 is 9.72 Å². The number of rotatable bonds is 6. The number of halogens is 1. The molecule has 0 saturated carbocycles. The van der Waals surface area contributed by atoms with Gasteiger partial charge in [0.25, 0.3) is 5.56 Å². The first kappa shape index (κ1) is 22.4.